The lowest BCUT2D eigenvalue weighted by atomic mass is 9.97. The lowest BCUT2D eigenvalue weighted by molar-refractivity contribution is -0.156. The number of rotatable bonds is 6. The van der Waals surface area contributed by atoms with E-state index in [0.717, 1.165) is 11.1 Å². The molecule has 3 rings (SSSR count). The maximum atomic E-state index is 13.1. The fourth-order valence-corrected chi connectivity index (χ4v) is 3.66. The quantitative estimate of drug-likeness (QED) is 0.544. The van der Waals surface area contributed by atoms with Gasteiger partial charge in [-0.1, -0.05) is 60.7 Å². The van der Waals surface area contributed by atoms with E-state index < -0.39 is 11.8 Å². The van der Waals surface area contributed by atoms with E-state index >= 15 is 0 Å². The zero-order chi connectivity index (χ0) is 21.3. The number of piperidine rings is 1. The molecule has 2 amide bonds. The molecule has 2 aromatic rings. The summed E-state index contributed by atoms with van der Waals surface area (Å²) in [6.07, 6.45) is 1.05. The molecule has 2 aromatic carbocycles. The molecule has 1 saturated heterocycles. The monoisotopic (exact) mass is 408 g/mol. The van der Waals surface area contributed by atoms with Crippen LogP contribution in [0.15, 0.2) is 60.7 Å². The van der Waals surface area contributed by atoms with Gasteiger partial charge in [0.1, 0.15) is 0 Å². The van der Waals surface area contributed by atoms with Crippen molar-refractivity contribution in [1.82, 2.24) is 9.80 Å². The summed E-state index contributed by atoms with van der Waals surface area (Å²) < 4.78 is 5.08. The van der Waals surface area contributed by atoms with Crippen molar-refractivity contribution >= 4 is 17.8 Å². The number of ether oxygens (including phenoxy) is 1. The SMILES string of the molecule is CCOC(=O)C1CCN(C(=O)C(=O)N(Cc2ccccc2)Cc2ccccc2)CC1. The van der Waals surface area contributed by atoms with E-state index in [0.29, 0.717) is 45.6 Å². The first-order chi connectivity index (χ1) is 14.6. The number of hydrogen-bond donors (Lipinski definition) is 0. The van der Waals surface area contributed by atoms with Crippen LogP contribution in [0.1, 0.15) is 30.9 Å². The van der Waals surface area contributed by atoms with Crippen LogP contribution in [-0.2, 0) is 32.2 Å². The highest BCUT2D eigenvalue weighted by molar-refractivity contribution is 6.34. The second-order valence-electron chi connectivity index (χ2n) is 7.45. The smallest absolute Gasteiger partial charge is 0.312 e. The van der Waals surface area contributed by atoms with Crippen LogP contribution in [0, 0.1) is 5.92 Å². The number of benzene rings is 2. The summed E-state index contributed by atoms with van der Waals surface area (Å²) in [4.78, 5) is 41.1. The summed E-state index contributed by atoms with van der Waals surface area (Å²) in [6, 6.07) is 19.3. The molecule has 0 aromatic heterocycles. The Labute approximate surface area is 177 Å². The second-order valence-corrected chi connectivity index (χ2v) is 7.45. The lowest BCUT2D eigenvalue weighted by Gasteiger charge is -2.32. The van der Waals surface area contributed by atoms with Crippen LogP contribution in [0.3, 0.4) is 0 Å². The molecule has 1 aliphatic heterocycles. The Morgan fingerprint density at radius 3 is 1.87 bits per heavy atom. The summed E-state index contributed by atoms with van der Waals surface area (Å²) >= 11 is 0. The van der Waals surface area contributed by atoms with Crippen LogP contribution in [0.2, 0.25) is 0 Å². The van der Waals surface area contributed by atoms with Gasteiger partial charge < -0.3 is 14.5 Å². The van der Waals surface area contributed by atoms with Gasteiger partial charge in [-0.05, 0) is 30.9 Å². The van der Waals surface area contributed by atoms with E-state index in [1.165, 1.54) is 0 Å². The Morgan fingerprint density at radius 2 is 1.40 bits per heavy atom. The van der Waals surface area contributed by atoms with Crippen molar-refractivity contribution in [2.75, 3.05) is 19.7 Å². The molecule has 0 saturated carbocycles. The lowest BCUT2D eigenvalue weighted by Crippen LogP contribution is -2.48. The summed E-state index contributed by atoms with van der Waals surface area (Å²) in [5.74, 6) is -1.44. The predicted molar refractivity (Wildman–Crippen MR) is 113 cm³/mol. The highest BCUT2D eigenvalue weighted by atomic mass is 16.5. The Balaban J connectivity index is 1.67. The van der Waals surface area contributed by atoms with E-state index in [-0.39, 0.29) is 11.9 Å². The average molecular weight is 408 g/mol. The van der Waals surface area contributed by atoms with Crippen molar-refractivity contribution in [3.05, 3.63) is 71.8 Å². The minimum atomic E-state index is -0.516. The molecule has 0 spiro atoms. The number of carbonyl (C=O) groups is 3. The van der Waals surface area contributed by atoms with Crippen LogP contribution in [0.4, 0.5) is 0 Å². The number of amides is 2. The van der Waals surface area contributed by atoms with Gasteiger partial charge in [-0.2, -0.15) is 0 Å². The highest BCUT2D eigenvalue weighted by Gasteiger charge is 2.32. The molecule has 158 valence electrons. The van der Waals surface area contributed by atoms with Gasteiger partial charge in [0.2, 0.25) is 0 Å². The summed E-state index contributed by atoms with van der Waals surface area (Å²) in [7, 11) is 0. The zero-order valence-electron chi connectivity index (χ0n) is 17.3. The Bertz CT molecular complexity index is 805. The van der Waals surface area contributed by atoms with E-state index in [4.69, 9.17) is 4.74 Å². The van der Waals surface area contributed by atoms with Crippen molar-refractivity contribution < 1.29 is 19.1 Å². The third kappa shape index (κ3) is 5.69. The molecule has 0 radical (unpaired) electrons. The molecule has 1 heterocycles. The van der Waals surface area contributed by atoms with Gasteiger partial charge in [-0.25, -0.2) is 0 Å². The zero-order valence-corrected chi connectivity index (χ0v) is 17.3. The van der Waals surface area contributed by atoms with Gasteiger partial charge in [0, 0.05) is 26.2 Å². The summed E-state index contributed by atoms with van der Waals surface area (Å²) in [6.45, 7) is 3.63. The van der Waals surface area contributed by atoms with Crippen molar-refractivity contribution in [1.29, 1.82) is 0 Å². The van der Waals surface area contributed by atoms with Crippen molar-refractivity contribution in [2.24, 2.45) is 5.92 Å². The first-order valence-corrected chi connectivity index (χ1v) is 10.4. The fraction of sp³-hybridized carbons (Fsp3) is 0.375. The second kappa shape index (κ2) is 10.6. The van der Waals surface area contributed by atoms with Gasteiger partial charge in [0.05, 0.1) is 12.5 Å². The van der Waals surface area contributed by atoms with Gasteiger partial charge in [-0.3, -0.25) is 14.4 Å². The van der Waals surface area contributed by atoms with Crippen LogP contribution >= 0.6 is 0 Å². The van der Waals surface area contributed by atoms with Crippen molar-refractivity contribution in [2.45, 2.75) is 32.9 Å². The normalized spacial score (nSPS) is 14.2. The van der Waals surface area contributed by atoms with E-state index in [1.54, 1.807) is 16.7 Å². The molecular weight excluding hydrogens is 380 g/mol. The molecule has 6 nitrogen and oxygen atoms in total. The van der Waals surface area contributed by atoms with Gasteiger partial charge in [-0.15, -0.1) is 0 Å². The van der Waals surface area contributed by atoms with Gasteiger partial charge in [0.25, 0.3) is 0 Å². The minimum absolute atomic E-state index is 0.200. The van der Waals surface area contributed by atoms with E-state index in [9.17, 15) is 14.4 Å². The molecule has 0 unspecified atom stereocenters. The highest BCUT2D eigenvalue weighted by Crippen LogP contribution is 2.20. The Hall–Kier alpha value is -3.15. The third-order valence-electron chi connectivity index (χ3n) is 5.30. The predicted octanol–water partition coefficient (Wildman–Crippen LogP) is 3.02. The maximum Gasteiger partial charge on any atom is 0.312 e. The molecule has 0 aliphatic carbocycles. The van der Waals surface area contributed by atoms with E-state index in [1.807, 2.05) is 60.7 Å². The van der Waals surface area contributed by atoms with Crippen LogP contribution in [-0.4, -0.2) is 47.3 Å². The average Bonchev–Trinajstić information content (AvgIpc) is 2.79. The van der Waals surface area contributed by atoms with E-state index in [2.05, 4.69) is 0 Å². The molecule has 6 heteroatoms. The summed E-state index contributed by atoms with van der Waals surface area (Å²) in [5.41, 5.74) is 1.94. The van der Waals surface area contributed by atoms with Crippen LogP contribution < -0.4 is 0 Å². The Morgan fingerprint density at radius 1 is 0.900 bits per heavy atom. The summed E-state index contributed by atoms with van der Waals surface area (Å²) in [5, 5.41) is 0. The topological polar surface area (TPSA) is 66.9 Å². The van der Waals surface area contributed by atoms with Crippen LogP contribution in [0.5, 0.6) is 0 Å². The van der Waals surface area contributed by atoms with Crippen LogP contribution in [0.25, 0.3) is 0 Å². The minimum Gasteiger partial charge on any atom is -0.466 e. The van der Waals surface area contributed by atoms with Crippen molar-refractivity contribution in [3.63, 3.8) is 0 Å². The number of esters is 1. The number of hydrogen-bond acceptors (Lipinski definition) is 4. The largest absolute Gasteiger partial charge is 0.466 e. The fourth-order valence-electron chi connectivity index (χ4n) is 3.66. The maximum absolute atomic E-state index is 13.1. The van der Waals surface area contributed by atoms with Crippen molar-refractivity contribution in [3.8, 4) is 0 Å². The number of likely N-dealkylation sites (tertiary alicyclic amines) is 1. The molecular formula is C24H28N2O4. The third-order valence-corrected chi connectivity index (χ3v) is 5.30. The van der Waals surface area contributed by atoms with Gasteiger partial charge >= 0.3 is 17.8 Å². The standard InChI is InChI=1S/C24H28N2O4/c1-2-30-24(29)21-13-15-25(16-14-21)22(27)23(28)26(17-19-9-5-3-6-10-19)18-20-11-7-4-8-12-20/h3-12,21H,2,13-18H2,1H3. The first kappa shape index (κ1) is 21.6. The molecule has 30 heavy (non-hydrogen) atoms. The molecule has 0 bridgehead atoms. The molecule has 1 fully saturated rings. The van der Waals surface area contributed by atoms with Gasteiger partial charge in [0.15, 0.2) is 0 Å². The molecule has 0 N–H and O–H groups in total. The first-order valence-electron chi connectivity index (χ1n) is 10.4. The molecule has 1 aliphatic rings. The number of carbonyl (C=O) groups excluding carboxylic acids is 3. The molecule has 0 atom stereocenters. The number of nitrogens with zero attached hydrogens (tertiary/aromatic N) is 2. The Kier molecular flexibility index (Phi) is 7.60.